The van der Waals surface area contributed by atoms with Crippen LogP contribution in [0.1, 0.15) is 43.9 Å². The maximum absolute atomic E-state index is 4.94. The van der Waals surface area contributed by atoms with Crippen molar-refractivity contribution in [2.24, 2.45) is 10.9 Å². The Kier molecular flexibility index (Phi) is 8.99. The minimum Gasteiger partial charge on any atom is -0.357 e. The second kappa shape index (κ2) is 10.7. The summed E-state index contributed by atoms with van der Waals surface area (Å²) in [5.74, 6) is 2.42. The van der Waals surface area contributed by atoms with E-state index in [4.69, 9.17) is 4.99 Å². The van der Waals surface area contributed by atoms with Crippen LogP contribution in [0.2, 0.25) is 0 Å². The van der Waals surface area contributed by atoms with E-state index in [0.717, 1.165) is 38.1 Å². The number of thiophene rings is 1. The molecule has 0 radical (unpaired) electrons. The smallest absolute Gasteiger partial charge is 0.193 e. The van der Waals surface area contributed by atoms with E-state index < -0.39 is 0 Å². The Balaban J connectivity index is 0.00000225. The molecule has 1 aromatic heterocycles. The van der Waals surface area contributed by atoms with Gasteiger partial charge < -0.3 is 15.1 Å². The van der Waals surface area contributed by atoms with Crippen molar-refractivity contribution in [2.75, 3.05) is 45.8 Å². The van der Waals surface area contributed by atoms with Crippen LogP contribution in [-0.4, -0.2) is 61.6 Å². The molecular weight excluding hydrogens is 443 g/mol. The molecular formula is C19H33IN4S. The maximum atomic E-state index is 4.94. The van der Waals surface area contributed by atoms with Gasteiger partial charge in [0.25, 0.3) is 0 Å². The SMILES string of the molecule is CCNC(=NCC(C)c1cccs1)N1CCC(CN2CCCC2)C1.I. The second-order valence-corrected chi connectivity index (χ2v) is 8.20. The number of likely N-dealkylation sites (tertiary alicyclic amines) is 2. The molecule has 2 fully saturated rings. The topological polar surface area (TPSA) is 30.9 Å². The van der Waals surface area contributed by atoms with E-state index in [1.54, 1.807) is 0 Å². The summed E-state index contributed by atoms with van der Waals surface area (Å²) in [6, 6.07) is 4.36. The summed E-state index contributed by atoms with van der Waals surface area (Å²) >= 11 is 1.84. The van der Waals surface area contributed by atoms with Crippen molar-refractivity contribution in [3.63, 3.8) is 0 Å². The molecule has 0 amide bonds. The molecule has 2 unspecified atom stereocenters. The summed E-state index contributed by atoms with van der Waals surface area (Å²) in [6.45, 7) is 12.5. The molecule has 3 rings (SSSR count). The predicted molar refractivity (Wildman–Crippen MR) is 119 cm³/mol. The van der Waals surface area contributed by atoms with Crippen LogP contribution < -0.4 is 5.32 Å². The van der Waals surface area contributed by atoms with Crippen LogP contribution in [-0.2, 0) is 0 Å². The van der Waals surface area contributed by atoms with Gasteiger partial charge in [0.1, 0.15) is 0 Å². The van der Waals surface area contributed by atoms with Gasteiger partial charge in [-0.05, 0) is 56.6 Å². The third-order valence-corrected chi connectivity index (χ3v) is 6.28. The second-order valence-electron chi connectivity index (χ2n) is 7.22. The normalized spacial score (nSPS) is 22.9. The van der Waals surface area contributed by atoms with E-state index in [1.165, 1.54) is 43.8 Å². The number of hydrogen-bond acceptors (Lipinski definition) is 3. The molecule has 2 saturated heterocycles. The Morgan fingerprint density at radius 1 is 1.36 bits per heavy atom. The molecule has 6 heteroatoms. The molecule has 142 valence electrons. The van der Waals surface area contributed by atoms with Crippen LogP contribution in [0.4, 0.5) is 0 Å². The summed E-state index contributed by atoms with van der Waals surface area (Å²) in [6.07, 6.45) is 4.09. The Labute approximate surface area is 174 Å². The molecule has 2 aliphatic rings. The summed E-state index contributed by atoms with van der Waals surface area (Å²) in [4.78, 5) is 11.5. The summed E-state index contributed by atoms with van der Waals surface area (Å²) in [7, 11) is 0. The first kappa shape index (κ1) is 21.0. The minimum absolute atomic E-state index is 0. The van der Waals surface area contributed by atoms with Gasteiger partial charge >= 0.3 is 0 Å². The zero-order valence-corrected chi connectivity index (χ0v) is 18.8. The van der Waals surface area contributed by atoms with Crippen molar-refractivity contribution in [2.45, 2.75) is 39.0 Å². The largest absolute Gasteiger partial charge is 0.357 e. The van der Waals surface area contributed by atoms with Crippen LogP contribution >= 0.6 is 35.3 Å². The zero-order chi connectivity index (χ0) is 16.8. The Morgan fingerprint density at radius 2 is 2.16 bits per heavy atom. The van der Waals surface area contributed by atoms with E-state index in [9.17, 15) is 0 Å². The molecule has 2 atom stereocenters. The maximum Gasteiger partial charge on any atom is 0.193 e. The highest BCUT2D eigenvalue weighted by molar-refractivity contribution is 14.0. The molecule has 2 aliphatic heterocycles. The standard InChI is InChI=1S/C19H32N4S.HI/c1-3-20-19(21-13-16(2)18-7-6-12-24-18)23-11-8-17(15-23)14-22-9-4-5-10-22;/h6-7,12,16-17H,3-5,8-11,13-15H2,1-2H3,(H,20,21);1H. The number of guanidine groups is 1. The predicted octanol–water partition coefficient (Wildman–Crippen LogP) is 3.85. The fourth-order valence-electron chi connectivity index (χ4n) is 3.82. The quantitative estimate of drug-likeness (QED) is 0.385. The van der Waals surface area contributed by atoms with Crippen molar-refractivity contribution in [3.05, 3.63) is 22.4 Å². The minimum atomic E-state index is 0. The van der Waals surface area contributed by atoms with Gasteiger partial charge in [0.2, 0.25) is 0 Å². The average Bonchev–Trinajstić information content (AvgIpc) is 3.33. The first-order valence-corrected chi connectivity index (χ1v) is 10.4. The van der Waals surface area contributed by atoms with Crippen LogP contribution in [0.3, 0.4) is 0 Å². The number of hydrogen-bond donors (Lipinski definition) is 1. The van der Waals surface area contributed by atoms with Crippen LogP contribution in [0.15, 0.2) is 22.5 Å². The van der Waals surface area contributed by atoms with Gasteiger partial charge in [-0.3, -0.25) is 4.99 Å². The van der Waals surface area contributed by atoms with Crippen molar-refractivity contribution < 1.29 is 0 Å². The summed E-state index contributed by atoms with van der Waals surface area (Å²) in [5, 5.41) is 5.66. The lowest BCUT2D eigenvalue weighted by molar-refractivity contribution is 0.281. The van der Waals surface area contributed by atoms with E-state index in [2.05, 4.69) is 46.5 Å². The molecule has 0 saturated carbocycles. The van der Waals surface area contributed by atoms with Gasteiger partial charge in [0, 0.05) is 37.0 Å². The lowest BCUT2D eigenvalue weighted by Gasteiger charge is -2.23. The average molecular weight is 476 g/mol. The molecule has 3 heterocycles. The van der Waals surface area contributed by atoms with Crippen molar-refractivity contribution in [1.82, 2.24) is 15.1 Å². The molecule has 0 aliphatic carbocycles. The van der Waals surface area contributed by atoms with Gasteiger partial charge in [-0.15, -0.1) is 35.3 Å². The first-order chi connectivity index (χ1) is 11.8. The van der Waals surface area contributed by atoms with Crippen molar-refractivity contribution >= 4 is 41.3 Å². The van der Waals surface area contributed by atoms with E-state index in [0.29, 0.717) is 5.92 Å². The highest BCUT2D eigenvalue weighted by Gasteiger charge is 2.27. The van der Waals surface area contributed by atoms with Gasteiger partial charge in [0.15, 0.2) is 5.96 Å². The van der Waals surface area contributed by atoms with E-state index >= 15 is 0 Å². The van der Waals surface area contributed by atoms with Gasteiger partial charge in [0.05, 0.1) is 6.54 Å². The number of nitrogens with one attached hydrogen (secondary N) is 1. The molecule has 0 spiro atoms. The van der Waals surface area contributed by atoms with Crippen LogP contribution in [0, 0.1) is 5.92 Å². The number of aliphatic imine (C=N–C) groups is 1. The molecule has 1 N–H and O–H groups in total. The van der Waals surface area contributed by atoms with E-state index in [-0.39, 0.29) is 24.0 Å². The lowest BCUT2D eigenvalue weighted by atomic mass is 10.1. The van der Waals surface area contributed by atoms with Gasteiger partial charge in [-0.25, -0.2) is 0 Å². The lowest BCUT2D eigenvalue weighted by Crippen LogP contribution is -2.41. The first-order valence-electron chi connectivity index (χ1n) is 9.55. The third kappa shape index (κ3) is 6.10. The van der Waals surface area contributed by atoms with Crippen molar-refractivity contribution in [1.29, 1.82) is 0 Å². The number of halogens is 1. The van der Waals surface area contributed by atoms with Crippen LogP contribution in [0.5, 0.6) is 0 Å². The third-order valence-electron chi connectivity index (χ3n) is 5.18. The number of rotatable bonds is 6. The van der Waals surface area contributed by atoms with Crippen molar-refractivity contribution in [3.8, 4) is 0 Å². The highest BCUT2D eigenvalue weighted by Crippen LogP contribution is 2.22. The summed E-state index contributed by atoms with van der Waals surface area (Å²) in [5.41, 5.74) is 0. The molecule has 0 aromatic carbocycles. The molecule has 25 heavy (non-hydrogen) atoms. The Hall–Kier alpha value is -0.340. The number of nitrogens with zero attached hydrogens (tertiary/aromatic N) is 3. The highest BCUT2D eigenvalue weighted by atomic mass is 127. The molecule has 0 bridgehead atoms. The summed E-state index contributed by atoms with van der Waals surface area (Å²) < 4.78 is 0. The molecule has 4 nitrogen and oxygen atoms in total. The van der Waals surface area contributed by atoms with Gasteiger partial charge in [-0.2, -0.15) is 0 Å². The zero-order valence-electron chi connectivity index (χ0n) is 15.6. The fraction of sp³-hybridized carbons (Fsp3) is 0.737. The monoisotopic (exact) mass is 476 g/mol. The van der Waals surface area contributed by atoms with E-state index in [1.807, 2.05) is 11.3 Å². The van der Waals surface area contributed by atoms with Gasteiger partial charge in [-0.1, -0.05) is 13.0 Å². The Morgan fingerprint density at radius 3 is 2.84 bits per heavy atom. The van der Waals surface area contributed by atoms with Crippen LogP contribution in [0.25, 0.3) is 0 Å². The fourth-order valence-corrected chi connectivity index (χ4v) is 4.59. The molecule has 1 aromatic rings. The Bertz CT molecular complexity index is 514.